The summed E-state index contributed by atoms with van der Waals surface area (Å²) in [4.78, 5) is 41.8. The number of anilines is 1. The van der Waals surface area contributed by atoms with Gasteiger partial charge in [0.25, 0.3) is 5.91 Å². The van der Waals surface area contributed by atoms with Crippen molar-refractivity contribution in [2.45, 2.75) is 39.5 Å². The number of rotatable bonds is 10. The van der Waals surface area contributed by atoms with Gasteiger partial charge in [0.2, 0.25) is 5.91 Å². The Labute approximate surface area is 225 Å². The number of likely N-dealkylation sites (N-methyl/N-ethyl adjacent to an activating group) is 1. The number of fused-ring (bicyclic) bond motifs is 1. The van der Waals surface area contributed by atoms with E-state index in [9.17, 15) is 32.7 Å². The van der Waals surface area contributed by atoms with Crippen LogP contribution in [-0.2, 0) is 17.5 Å². The SMILES string of the molecule is CCN1CCOc2c(NCC(=O)N(CCN(C(=O)O)C(C)C)Cc3ccccc3C(F)(F)F)cccc2C1=O. The predicted molar refractivity (Wildman–Crippen MR) is 139 cm³/mol. The number of ether oxygens (including phenoxy) is 1. The first kappa shape index (κ1) is 29.6. The van der Waals surface area contributed by atoms with E-state index >= 15 is 0 Å². The molecule has 2 N–H and O–H groups in total. The van der Waals surface area contributed by atoms with E-state index in [-0.39, 0.29) is 44.3 Å². The highest BCUT2D eigenvalue weighted by Crippen LogP contribution is 2.33. The van der Waals surface area contributed by atoms with Gasteiger partial charge in [0, 0.05) is 32.2 Å². The first-order valence-electron chi connectivity index (χ1n) is 12.6. The lowest BCUT2D eigenvalue weighted by molar-refractivity contribution is -0.139. The number of nitrogens with one attached hydrogen (secondary N) is 1. The monoisotopic (exact) mass is 550 g/mol. The van der Waals surface area contributed by atoms with Crippen LogP contribution in [0, 0.1) is 0 Å². The standard InChI is InChI=1S/C27H33F3N4O5/c1-4-32-14-15-39-24-20(25(32)36)9-7-11-22(24)31-16-23(35)33(12-13-34(18(2)3)26(37)38)17-19-8-5-6-10-21(19)27(28,29)30/h5-11,18,31H,4,12-17H2,1-3H3,(H,37,38). The van der Waals surface area contributed by atoms with Crippen molar-refractivity contribution in [3.63, 3.8) is 0 Å². The van der Waals surface area contributed by atoms with Crippen LogP contribution in [0.4, 0.5) is 23.7 Å². The van der Waals surface area contributed by atoms with E-state index in [0.717, 1.165) is 11.0 Å². The molecule has 0 spiro atoms. The Morgan fingerprint density at radius 3 is 2.49 bits per heavy atom. The zero-order valence-electron chi connectivity index (χ0n) is 22.1. The lowest BCUT2D eigenvalue weighted by Gasteiger charge is -2.29. The molecule has 0 bridgehead atoms. The quantitative estimate of drug-likeness (QED) is 0.455. The Balaban J connectivity index is 1.84. The first-order chi connectivity index (χ1) is 18.4. The number of halogens is 3. The lowest BCUT2D eigenvalue weighted by Crippen LogP contribution is -2.44. The van der Waals surface area contributed by atoms with Gasteiger partial charge in [-0.1, -0.05) is 24.3 Å². The third-order valence-corrected chi connectivity index (χ3v) is 6.47. The molecule has 0 aromatic heterocycles. The highest BCUT2D eigenvalue weighted by molar-refractivity contribution is 5.99. The summed E-state index contributed by atoms with van der Waals surface area (Å²) in [6, 6.07) is 9.50. The van der Waals surface area contributed by atoms with Crippen molar-refractivity contribution in [1.82, 2.24) is 14.7 Å². The van der Waals surface area contributed by atoms with E-state index in [1.807, 2.05) is 6.92 Å². The molecular weight excluding hydrogens is 517 g/mol. The van der Waals surface area contributed by atoms with E-state index < -0.39 is 29.8 Å². The van der Waals surface area contributed by atoms with Gasteiger partial charge in [-0.2, -0.15) is 13.2 Å². The molecule has 0 atom stereocenters. The number of hydrogen-bond acceptors (Lipinski definition) is 5. The molecule has 0 aliphatic carbocycles. The molecule has 3 rings (SSSR count). The largest absolute Gasteiger partial charge is 0.489 e. The van der Waals surface area contributed by atoms with Crippen LogP contribution in [0.3, 0.4) is 0 Å². The Morgan fingerprint density at radius 2 is 1.85 bits per heavy atom. The maximum atomic E-state index is 13.6. The molecule has 12 heteroatoms. The zero-order valence-corrected chi connectivity index (χ0v) is 22.1. The average molecular weight is 551 g/mol. The Morgan fingerprint density at radius 1 is 1.13 bits per heavy atom. The second-order valence-corrected chi connectivity index (χ2v) is 9.31. The Kier molecular flexibility index (Phi) is 9.66. The topological polar surface area (TPSA) is 102 Å². The number of para-hydroxylation sites is 1. The van der Waals surface area contributed by atoms with Crippen LogP contribution in [0.25, 0.3) is 0 Å². The van der Waals surface area contributed by atoms with Gasteiger partial charge in [0.1, 0.15) is 6.61 Å². The molecule has 0 radical (unpaired) electrons. The summed E-state index contributed by atoms with van der Waals surface area (Å²) in [6.45, 7) is 5.50. The summed E-state index contributed by atoms with van der Waals surface area (Å²) in [7, 11) is 0. The van der Waals surface area contributed by atoms with Gasteiger partial charge in [-0.15, -0.1) is 0 Å². The molecule has 2 aromatic carbocycles. The molecular formula is C27H33F3N4O5. The number of carboxylic acid groups (broad SMARTS) is 1. The van der Waals surface area contributed by atoms with Gasteiger partial charge in [-0.3, -0.25) is 9.59 Å². The molecule has 0 saturated heterocycles. The van der Waals surface area contributed by atoms with Crippen LogP contribution >= 0.6 is 0 Å². The lowest BCUT2D eigenvalue weighted by atomic mass is 10.1. The van der Waals surface area contributed by atoms with E-state index in [0.29, 0.717) is 30.1 Å². The van der Waals surface area contributed by atoms with Crippen molar-refractivity contribution in [2.75, 3.05) is 44.6 Å². The number of carbonyl (C=O) groups excluding carboxylic acids is 2. The molecule has 9 nitrogen and oxygen atoms in total. The summed E-state index contributed by atoms with van der Waals surface area (Å²) in [5.41, 5.74) is -0.226. The minimum Gasteiger partial charge on any atom is -0.489 e. The van der Waals surface area contributed by atoms with E-state index in [4.69, 9.17) is 4.74 Å². The van der Waals surface area contributed by atoms with Gasteiger partial charge < -0.3 is 29.9 Å². The molecule has 0 fully saturated rings. The summed E-state index contributed by atoms with van der Waals surface area (Å²) < 4.78 is 46.7. The van der Waals surface area contributed by atoms with Crippen molar-refractivity contribution >= 4 is 23.6 Å². The molecule has 1 aliphatic heterocycles. The Hall–Kier alpha value is -3.96. The minimum atomic E-state index is -4.62. The maximum absolute atomic E-state index is 13.6. The van der Waals surface area contributed by atoms with Crippen molar-refractivity contribution in [3.8, 4) is 5.75 Å². The van der Waals surface area contributed by atoms with E-state index in [1.165, 1.54) is 23.1 Å². The van der Waals surface area contributed by atoms with E-state index in [1.54, 1.807) is 36.9 Å². The Bertz CT molecular complexity index is 1190. The summed E-state index contributed by atoms with van der Waals surface area (Å²) in [5.74, 6) is -0.446. The van der Waals surface area contributed by atoms with Crippen LogP contribution in [0.5, 0.6) is 5.75 Å². The fourth-order valence-electron chi connectivity index (χ4n) is 4.35. The van der Waals surface area contributed by atoms with Gasteiger partial charge >= 0.3 is 12.3 Å². The molecule has 3 amide bonds. The number of carbonyl (C=O) groups is 3. The molecule has 212 valence electrons. The van der Waals surface area contributed by atoms with Gasteiger partial charge in [0.15, 0.2) is 5.75 Å². The molecule has 1 heterocycles. The van der Waals surface area contributed by atoms with Gasteiger partial charge in [-0.05, 0) is 44.5 Å². The second-order valence-electron chi connectivity index (χ2n) is 9.31. The molecule has 1 aliphatic rings. The number of benzene rings is 2. The summed E-state index contributed by atoms with van der Waals surface area (Å²) in [5, 5.41) is 12.5. The number of hydrogen-bond donors (Lipinski definition) is 2. The van der Waals surface area contributed by atoms with Crippen LogP contribution in [0.2, 0.25) is 0 Å². The number of alkyl halides is 3. The smallest absolute Gasteiger partial charge is 0.416 e. The fourth-order valence-corrected chi connectivity index (χ4v) is 4.35. The fraction of sp³-hybridized carbons (Fsp3) is 0.444. The minimum absolute atomic E-state index is 0.0852. The molecule has 2 aromatic rings. The van der Waals surface area contributed by atoms with Crippen LogP contribution < -0.4 is 10.1 Å². The number of amides is 3. The maximum Gasteiger partial charge on any atom is 0.416 e. The van der Waals surface area contributed by atoms with Crippen molar-refractivity contribution in [1.29, 1.82) is 0 Å². The van der Waals surface area contributed by atoms with Crippen LogP contribution in [0.15, 0.2) is 42.5 Å². The van der Waals surface area contributed by atoms with Crippen LogP contribution in [0.1, 0.15) is 42.3 Å². The van der Waals surface area contributed by atoms with Crippen LogP contribution in [-0.4, -0.2) is 83.1 Å². The predicted octanol–water partition coefficient (Wildman–Crippen LogP) is 4.39. The van der Waals surface area contributed by atoms with Crippen molar-refractivity contribution < 1.29 is 37.4 Å². The zero-order chi connectivity index (χ0) is 28.7. The average Bonchev–Trinajstić information content (AvgIpc) is 3.04. The highest BCUT2D eigenvalue weighted by atomic mass is 19.4. The van der Waals surface area contributed by atoms with Gasteiger partial charge in [-0.25, -0.2) is 4.79 Å². The third-order valence-electron chi connectivity index (χ3n) is 6.47. The third kappa shape index (κ3) is 7.33. The normalized spacial score (nSPS) is 13.4. The molecule has 39 heavy (non-hydrogen) atoms. The summed E-state index contributed by atoms with van der Waals surface area (Å²) >= 11 is 0. The van der Waals surface area contributed by atoms with E-state index in [2.05, 4.69) is 5.32 Å². The molecule has 0 saturated carbocycles. The highest BCUT2D eigenvalue weighted by Gasteiger charge is 2.34. The molecule has 0 unspecified atom stereocenters. The van der Waals surface area contributed by atoms with Crippen molar-refractivity contribution in [2.24, 2.45) is 0 Å². The van der Waals surface area contributed by atoms with Crippen molar-refractivity contribution in [3.05, 3.63) is 59.2 Å². The summed E-state index contributed by atoms with van der Waals surface area (Å²) in [6.07, 6.45) is -5.81. The van der Waals surface area contributed by atoms with Gasteiger partial charge in [0.05, 0.1) is 29.9 Å². The number of nitrogens with zero attached hydrogens (tertiary/aromatic N) is 3. The second kappa shape index (κ2) is 12.7. The first-order valence-corrected chi connectivity index (χ1v) is 12.6.